The predicted octanol–water partition coefficient (Wildman–Crippen LogP) is 2.02. The van der Waals surface area contributed by atoms with Gasteiger partial charge in [0.15, 0.2) is 11.5 Å². The van der Waals surface area contributed by atoms with E-state index in [1.165, 1.54) is 19.3 Å². The maximum Gasteiger partial charge on any atom is 0.156 e. The lowest BCUT2D eigenvalue weighted by Gasteiger charge is -2.21. The average molecular weight is 216 g/mol. The summed E-state index contributed by atoms with van der Waals surface area (Å²) in [7, 11) is 0. The minimum Gasteiger partial charge on any atom is -0.323 e. The van der Waals surface area contributed by atoms with Gasteiger partial charge in [0.1, 0.15) is 0 Å². The summed E-state index contributed by atoms with van der Waals surface area (Å²) in [6.45, 7) is 1.97. The number of hydrogen-bond acceptors (Lipinski definition) is 3. The molecule has 0 saturated heterocycles. The van der Waals surface area contributed by atoms with E-state index in [2.05, 4.69) is 10.1 Å². The van der Waals surface area contributed by atoms with E-state index in [0.29, 0.717) is 5.92 Å². The summed E-state index contributed by atoms with van der Waals surface area (Å²) in [6.07, 6.45) is 3.76. The number of rotatable bonds is 2. The van der Waals surface area contributed by atoms with Crippen molar-refractivity contribution >= 4 is 5.65 Å². The van der Waals surface area contributed by atoms with Gasteiger partial charge in [-0.15, -0.1) is 0 Å². The molecule has 2 N–H and O–H groups in total. The molecule has 1 atom stereocenters. The lowest BCUT2D eigenvalue weighted by Crippen LogP contribution is -2.12. The van der Waals surface area contributed by atoms with Crippen molar-refractivity contribution in [3.63, 3.8) is 0 Å². The molecular weight excluding hydrogens is 200 g/mol. The molecule has 0 spiro atoms. The van der Waals surface area contributed by atoms with Gasteiger partial charge in [-0.25, -0.2) is 9.50 Å². The average Bonchev–Trinajstić information content (AvgIpc) is 2.56. The Kier molecular flexibility index (Phi) is 2.17. The highest BCUT2D eigenvalue weighted by Gasteiger charge is 2.24. The Labute approximate surface area is 94.5 Å². The van der Waals surface area contributed by atoms with E-state index in [0.717, 1.165) is 17.2 Å². The molecule has 0 amide bonds. The molecule has 3 rings (SSSR count). The van der Waals surface area contributed by atoms with Crippen LogP contribution < -0.4 is 5.73 Å². The smallest absolute Gasteiger partial charge is 0.156 e. The molecule has 1 unspecified atom stereocenters. The van der Waals surface area contributed by atoms with E-state index in [1.54, 1.807) is 0 Å². The second kappa shape index (κ2) is 3.56. The Morgan fingerprint density at radius 2 is 2.25 bits per heavy atom. The monoisotopic (exact) mass is 216 g/mol. The molecule has 4 heteroatoms. The van der Waals surface area contributed by atoms with Gasteiger partial charge in [-0.1, -0.05) is 12.5 Å². The number of hydrogen-bond donors (Lipinski definition) is 1. The first-order valence-electron chi connectivity index (χ1n) is 5.87. The van der Waals surface area contributed by atoms with Crippen molar-refractivity contribution in [3.05, 3.63) is 29.7 Å². The molecule has 1 aliphatic carbocycles. The van der Waals surface area contributed by atoms with E-state index in [4.69, 9.17) is 5.73 Å². The first-order valence-corrected chi connectivity index (χ1v) is 5.87. The van der Waals surface area contributed by atoms with Crippen molar-refractivity contribution in [3.8, 4) is 0 Å². The van der Waals surface area contributed by atoms with Gasteiger partial charge in [0, 0.05) is 12.0 Å². The SMILES string of the molecule is CC(N)c1cccc2nc(C3CCC3)nn12. The van der Waals surface area contributed by atoms with E-state index in [9.17, 15) is 0 Å². The largest absolute Gasteiger partial charge is 0.323 e. The van der Waals surface area contributed by atoms with Crippen LogP contribution in [-0.4, -0.2) is 14.6 Å². The van der Waals surface area contributed by atoms with Crippen molar-refractivity contribution in [1.29, 1.82) is 0 Å². The van der Waals surface area contributed by atoms with Gasteiger partial charge in [-0.05, 0) is 31.9 Å². The van der Waals surface area contributed by atoms with Gasteiger partial charge in [0.2, 0.25) is 0 Å². The van der Waals surface area contributed by atoms with Crippen molar-refractivity contribution in [2.24, 2.45) is 5.73 Å². The topological polar surface area (TPSA) is 56.2 Å². The Bertz CT molecular complexity index is 511. The normalized spacial score (nSPS) is 18.6. The van der Waals surface area contributed by atoms with Gasteiger partial charge in [-0.2, -0.15) is 5.10 Å². The number of pyridine rings is 1. The Morgan fingerprint density at radius 1 is 1.44 bits per heavy atom. The highest BCUT2D eigenvalue weighted by molar-refractivity contribution is 5.40. The van der Waals surface area contributed by atoms with Crippen LogP contribution in [0.3, 0.4) is 0 Å². The zero-order valence-corrected chi connectivity index (χ0v) is 9.43. The zero-order valence-electron chi connectivity index (χ0n) is 9.43. The van der Waals surface area contributed by atoms with Crippen LogP contribution in [0, 0.1) is 0 Å². The van der Waals surface area contributed by atoms with Gasteiger partial charge in [-0.3, -0.25) is 0 Å². The highest BCUT2D eigenvalue weighted by atomic mass is 15.3. The number of fused-ring (bicyclic) bond motifs is 1. The minimum atomic E-state index is -0.0142. The molecule has 16 heavy (non-hydrogen) atoms. The standard InChI is InChI=1S/C12H16N4/c1-8(13)10-6-3-7-11-14-12(15-16(10)11)9-4-2-5-9/h3,6-9H,2,4-5,13H2,1H3. The van der Waals surface area contributed by atoms with Crippen molar-refractivity contribution in [2.45, 2.75) is 38.1 Å². The molecule has 84 valence electrons. The second-order valence-electron chi connectivity index (χ2n) is 4.61. The molecule has 1 fully saturated rings. The quantitative estimate of drug-likeness (QED) is 0.835. The third kappa shape index (κ3) is 1.41. The van der Waals surface area contributed by atoms with Crippen LogP contribution in [0.2, 0.25) is 0 Å². The zero-order chi connectivity index (χ0) is 11.1. The van der Waals surface area contributed by atoms with Crippen molar-refractivity contribution < 1.29 is 0 Å². The van der Waals surface area contributed by atoms with Gasteiger partial charge >= 0.3 is 0 Å². The molecule has 2 aromatic heterocycles. The molecule has 0 bridgehead atoms. The molecule has 1 saturated carbocycles. The van der Waals surface area contributed by atoms with Gasteiger partial charge in [0.05, 0.1) is 5.69 Å². The first kappa shape index (κ1) is 9.78. The number of nitrogens with two attached hydrogens (primary N) is 1. The molecule has 2 heterocycles. The Balaban J connectivity index is 2.12. The third-order valence-corrected chi connectivity index (χ3v) is 3.34. The molecule has 0 aliphatic heterocycles. The van der Waals surface area contributed by atoms with Crippen LogP contribution in [0.25, 0.3) is 5.65 Å². The summed E-state index contributed by atoms with van der Waals surface area (Å²) >= 11 is 0. The van der Waals surface area contributed by atoms with Gasteiger partial charge < -0.3 is 5.73 Å². The highest BCUT2D eigenvalue weighted by Crippen LogP contribution is 2.34. The van der Waals surface area contributed by atoms with E-state index < -0.39 is 0 Å². The molecule has 4 nitrogen and oxygen atoms in total. The van der Waals surface area contributed by atoms with Crippen molar-refractivity contribution in [1.82, 2.24) is 14.6 Å². The third-order valence-electron chi connectivity index (χ3n) is 3.34. The molecular formula is C12H16N4. The Morgan fingerprint density at radius 3 is 2.88 bits per heavy atom. The van der Waals surface area contributed by atoms with E-state index >= 15 is 0 Å². The summed E-state index contributed by atoms with van der Waals surface area (Å²) in [5.41, 5.74) is 7.86. The van der Waals surface area contributed by atoms with Gasteiger partial charge in [0.25, 0.3) is 0 Å². The Hall–Kier alpha value is -1.42. The van der Waals surface area contributed by atoms with Crippen LogP contribution in [0.1, 0.15) is 49.7 Å². The van der Waals surface area contributed by atoms with Crippen LogP contribution >= 0.6 is 0 Å². The molecule has 0 aromatic carbocycles. The number of nitrogens with zero attached hydrogens (tertiary/aromatic N) is 3. The number of aromatic nitrogens is 3. The first-order chi connectivity index (χ1) is 7.75. The maximum atomic E-state index is 5.92. The van der Waals surface area contributed by atoms with Crippen LogP contribution in [0.5, 0.6) is 0 Å². The lowest BCUT2D eigenvalue weighted by molar-refractivity contribution is 0.401. The second-order valence-corrected chi connectivity index (χ2v) is 4.61. The maximum absolute atomic E-state index is 5.92. The van der Waals surface area contributed by atoms with Crippen LogP contribution in [0.4, 0.5) is 0 Å². The van der Waals surface area contributed by atoms with E-state index in [1.807, 2.05) is 29.6 Å². The molecule has 2 aromatic rings. The molecule has 1 aliphatic rings. The molecule has 0 radical (unpaired) electrons. The van der Waals surface area contributed by atoms with Crippen molar-refractivity contribution in [2.75, 3.05) is 0 Å². The van der Waals surface area contributed by atoms with Crippen LogP contribution in [0.15, 0.2) is 18.2 Å². The fourth-order valence-electron chi connectivity index (χ4n) is 2.13. The summed E-state index contributed by atoms with van der Waals surface area (Å²) in [6, 6.07) is 5.98. The minimum absolute atomic E-state index is 0.0142. The summed E-state index contributed by atoms with van der Waals surface area (Å²) in [5.74, 6) is 1.56. The predicted molar refractivity (Wildman–Crippen MR) is 62.2 cm³/mol. The van der Waals surface area contributed by atoms with E-state index in [-0.39, 0.29) is 6.04 Å². The summed E-state index contributed by atoms with van der Waals surface area (Å²) in [5, 5.41) is 4.58. The summed E-state index contributed by atoms with van der Waals surface area (Å²) in [4.78, 5) is 4.57. The van der Waals surface area contributed by atoms with Crippen LogP contribution in [-0.2, 0) is 0 Å². The summed E-state index contributed by atoms with van der Waals surface area (Å²) < 4.78 is 1.89. The fraction of sp³-hybridized carbons (Fsp3) is 0.500. The lowest BCUT2D eigenvalue weighted by atomic mass is 9.85. The fourth-order valence-corrected chi connectivity index (χ4v) is 2.13.